The van der Waals surface area contributed by atoms with Crippen molar-refractivity contribution in [1.82, 2.24) is 4.98 Å². The third-order valence-corrected chi connectivity index (χ3v) is 5.45. The van der Waals surface area contributed by atoms with Gasteiger partial charge in [-0.2, -0.15) is 8.78 Å². The smallest absolute Gasteiger partial charge is 0.429 e. The Morgan fingerprint density at radius 2 is 1.53 bits per heavy atom. The molecular weight excluding hydrogens is 511 g/mol. The standard InChI is InChI=1S/C29H18F7NO/c1-2-3-17-5-11-27(37-16-17)20-8-10-22(24(31)14-20)29(35,36)38-21-9-7-19(23(30)15-21)6-4-18-12-25(32)28(34)26(33)13-18/h5,7-16H,2-3H2,1H3. The molecule has 2 nitrogen and oxygen atoms in total. The predicted octanol–water partition coefficient (Wildman–Crippen LogP) is 7.92. The van der Waals surface area contributed by atoms with Crippen LogP contribution in [0.3, 0.4) is 0 Å². The topological polar surface area (TPSA) is 22.1 Å². The van der Waals surface area contributed by atoms with Crippen LogP contribution in [0.15, 0.2) is 66.9 Å². The third kappa shape index (κ3) is 5.97. The van der Waals surface area contributed by atoms with Gasteiger partial charge in [0, 0.05) is 23.4 Å². The zero-order chi connectivity index (χ0) is 27.4. The number of aromatic nitrogens is 1. The van der Waals surface area contributed by atoms with E-state index in [0.29, 0.717) is 29.5 Å². The summed E-state index contributed by atoms with van der Waals surface area (Å²) in [4.78, 5) is 4.24. The van der Waals surface area contributed by atoms with Gasteiger partial charge in [0.05, 0.1) is 16.8 Å². The summed E-state index contributed by atoms with van der Waals surface area (Å²) in [6.07, 6.45) is -0.755. The number of halogens is 7. The quantitative estimate of drug-likeness (QED) is 0.144. The average Bonchev–Trinajstić information content (AvgIpc) is 2.87. The molecule has 0 saturated carbocycles. The molecule has 0 fully saturated rings. The zero-order valence-electron chi connectivity index (χ0n) is 19.8. The summed E-state index contributed by atoms with van der Waals surface area (Å²) in [7, 11) is 0. The van der Waals surface area contributed by atoms with E-state index in [1.54, 1.807) is 12.3 Å². The highest BCUT2D eigenvalue weighted by Gasteiger charge is 2.38. The molecule has 194 valence electrons. The van der Waals surface area contributed by atoms with Crippen molar-refractivity contribution in [3.63, 3.8) is 0 Å². The maximum atomic E-state index is 14.8. The fourth-order valence-electron chi connectivity index (χ4n) is 3.57. The number of aryl methyl sites for hydroxylation is 1. The molecule has 3 aromatic carbocycles. The molecule has 38 heavy (non-hydrogen) atoms. The van der Waals surface area contributed by atoms with Crippen LogP contribution in [0.1, 0.15) is 35.6 Å². The van der Waals surface area contributed by atoms with Gasteiger partial charge >= 0.3 is 6.11 Å². The van der Waals surface area contributed by atoms with E-state index in [1.807, 2.05) is 13.0 Å². The predicted molar refractivity (Wildman–Crippen MR) is 127 cm³/mol. The van der Waals surface area contributed by atoms with E-state index < -0.39 is 46.5 Å². The Morgan fingerprint density at radius 1 is 0.789 bits per heavy atom. The molecule has 0 atom stereocenters. The molecule has 1 heterocycles. The maximum absolute atomic E-state index is 14.8. The van der Waals surface area contributed by atoms with Gasteiger partial charge in [-0.15, -0.1) is 0 Å². The second kappa shape index (κ2) is 11.0. The Hall–Kier alpha value is -4.32. The van der Waals surface area contributed by atoms with Gasteiger partial charge in [0.25, 0.3) is 0 Å². The van der Waals surface area contributed by atoms with Crippen molar-refractivity contribution in [1.29, 1.82) is 0 Å². The number of pyridine rings is 1. The van der Waals surface area contributed by atoms with Crippen molar-refractivity contribution in [3.8, 4) is 28.8 Å². The number of hydrogen-bond donors (Lipinski definition) is 0. The first-order chi connectivity index (χ1) is 18.1. The van der Waals surface area contributed by atoms with E-state index in [1.165, 1.54) is 6.07 Å². The molecule has 0 aliphatic rings. The average molecular weight is 529 g/mol. The van der Waals surface area contributed by atoms with Crippen molar-refractivity contribution in [2.45, 2.75) is 25.9 Å². The molecule has 0 amide bonds. The minimum Gasteiger partial charge on any atom is -0.429 e. The largest absolute Gasteiger partial charge is 0.429 e. The maximum Gasteiger partial charge on any atom is 0.429 e. The van der Waals surface area contributed by atoms with E-state index in [-0.39, 0.29) is 11.1 Å². The van der Waals surface area contributed by atoms with Gasteiger partial charge in [-0.1, -0.05) is 37.3 Å². The lowest BCUT2D eigenvalue weighted by Crippen LogP contribution is -2.23. The Balaban J connectivity index is 1.52. The Bertz CT molecular complexity index is 1520. The fourth-order valence-corrected chi connectivity index (χ4v) is 3.57. The number of benzene rings is 3. The van der Waals surface area contributed by atoms with Crippen molar-refractivity contribution in [3.05, 3.63) is 118 Å². The van der Waals surface area contributed by atoms with E-state index in [2.05, 4.69) is 21.6 Å². The first-order valence-electron chi connectivity index (χ1n) is 11.4. The summed E-state index contributed by atoms with van der Waals surface area (Å²) in [6, 6.07) is 10.4. The van der Waals surface area contributed by atoms with E-state index in [9.17, 15) is 30.7 Å². The number of nitrogens with zero attached hydrogens (tertiary/aromatic N) is 1. The van der Waals surface area contributed by atoms with Gasteiger partial charge in [0.1, 0.15) is 17.4 Å². The molecule has 0 bridgehead atoms. The zero-order valence-corrected chi connectivity index (χ0v) is 19.8. The molecule has 1 aromatic heterocycles. The molecular formula is C29H18F7NO. The van der Waals surface area contributed by atoms with Gasteiger partial charge < -0.3 is 4.74 Å². The highest BCUT2D eigenvalue weighted by Crippen LogP contribution is 2.35. The third-order valence-electron chi connectivity index (χ3n) is 5.45. The van der Waals surface area contributed by atoms with Crippen LogP contribution >= 0.6 is 0 Å². The summed E-state index contributed by atoms with van der Waals surface area (Å²) in [6.45, 7) is 2.02. The highest BCUT2D eigenvalue weighted by molar-refractivity contribution is 5.60. The fraction of sp³-hybridized carbons (Fsp3) is 0.138. The van der Waals surface area contributed by atoms with Crippen LogP contribution in [0.2, 0.25) is 0 Å². The molecule has 4 rings (SSSR count). The van der Waals surface area contributed by atoms with Crippen LogP contribution in [0, 0.1) is 40.9 Å². The SMILES string of the molecule is CCCc1ccc(-c2ccc(C(F)(F)Oc3ccc(C#Cc4cc(F)c(F)c(F)c4)c(F)c3)c(F)c2)nc1. The summed E-state index contributed by atoms with van der Waals surface area (Å²) in [5.41, 5.74) is 0.0612. The van der Waals surface area contributed by atoms with Crippen LogP contribution in [-0.4, -0.2) is 4.98 Å². The van der Waals surface area contributed by atoms with Crippen LogP contribution in [0.4, 0.5) is 30.7 Å². The molecule has 0 aliphatic carbocycles. The normalized spacial score (nSPS) is 11.2. The lowest BCUT2D eigenvalue weighted by atomic mass is 10.1. The molecule has 0 saturated heterocycles. The lowest BCUT2D eigenvalue weighted by molar-refractivity contribution is -0.187. The summed E-state index contributed by atoms with van der Waals surface area (Å²) in [5.74, 6) is -3.02. The van der Waals surface area contributed by atoms with Gasteiger partial charge in [-0.05, 0) is 54.4 Å². The van der Waals surface area contributed by atoms with Gasteiger partial charge in [-0.25, -0.2) is 22.0 Å². The monoisotopic (exact) mass is 529 g/mol. The molecule has 0 N–H and O–H groups in total. The minimum absolute atomic E-state index is 0.265. The van der Waals surface area contributed by atoms with Crippen molar-refractivity contribution in [2.24, 2.45) is 0 Å². The molecule has 0 unspecified atom stereocenters. The number of hydrogen-bond acceptors (Lipinski definition) is 2. The molecule has 9 heteroatoms. The van der Waals surface area contributed by atoms with Gasteiger partial charge in [0.15, 0.2) is 17.5 Å². The van der Waals surface area contributed by atoms with Crippen molar-refractivity contribution < 1.29 is 35.5 Å². The second-order valence-electron chi connectivity index (χ2n) is 8.26. The van der Waals surface area contributed by atoms with Crippen LogP contribution in [0.25, 0.3) is 11.3 Å². The summed E-state index contributed by atoms with van der Waals surface area (Å²) >= 11 is 0. The Morgan fingerprint density at radius 3 is 2.13 bits per heavy atom. The Labute approximate surface area is 213 Å². The number of ether oxygens (including phenoxy) is 1. The molecule has 0 aliphatic heterocycles. The van der Waals surface area contributed by atoms with Gasteiger partial charge in [0.2, 0.25) is 0 Å². The van der Waals surface area contributed by atoms with E-state index in [4.69, 9.17) is 0 Å². The van der Waals surface area contributed by atoms with E-state index in [0.717, 1.165) is 42.7 Å². The summed E-state index contributed by atoms with van der Waals surface area (Å²) in [5, 5.41) is 0. The molecule has 4 aromatic rings. The van der Waals surface area contributed by atoms with Crippen LogP contribution < -0.4 is 4.74 Å². The van der Waals surface area contributed by atoms with E-state index >= 15 is 0 Å². The first-order valence-corrected chi connectivity index (χ1v) is 11.4. The van der Waals surface area contributed by atoms with Crippen LogP contribution in [0.5, 0.6) is 5.75 Å². The highest BCUT2D eigenvalue weighted by atomic mass is 19.3. The van der Waals surface area contributed by atoms with Crippen molar-refractivity contribution >= 4 is 0 Å². The second-order valence-corrected chi connectivity index (χ2v) is 8.26. The van der Waals surface area contributed by atoms with Crippen molar-refractivity contribution in [2.75, 3.05) is 0 Å². The first kappa shape index (κ1) is 26.7. The van der Waals surface area contributed by atoms with Gasteiger partial charge in [-0.3, -0.25) is 4.98 Å². The Kier molecular flexibility index (Phi) is 7.72. The lowest BCUT2D eigenvalue weighted by Gasteiger charge is -2.19. The van der Waals surface area contributed by atoms with Crippen LogP contribution in [-0.2, 0) is 12.5 Å². The molecule has 0 radical (unpaired) electrons. The summed E-state index contributed by atoms with van der Waals surface area (Å²) < 4.78 is 103. The minimum atomic E-state index is -4.15. The molecule has 0 spiro atoms. The number of rotatable bonds is 6. The number of alkyl halides is 2.